The summed E-state index contributed by atoms with van der Waals surface area (Å²) < 4.78 is 67.7. The molecule has 4 aromatic rings. The molecular formula is C27H25F4N5O5. The fourth-order valence-electron chi connectivity index (χ4n) is 4.09. The van der Waals surface area contributed by atoms with Crippen molar-refractivity contribution in [2.75, 3.05) is 20.3 Å². The first kappa shape index (κ1) is 29.3. The third-order valence-electron chi connectivity index (χ3n) is 6.14. The van der Waals surface area contributed by atoms with E-state index in [0.717, 1.165) is 18.2 Å². The van der Waals surface area contributed by atoms with Crippen LogP contribution in [-0.2, 0) is 16.8 Å². The van der Waals surface area contributed by atoms with Crippen molar-refractivity contribution in [3.05, 3.63) is 71.4 Å². The summed E-state index contributed by atoms with van der Waals surface area (Å²) in [5.74, 6) is -2.13. The van der Waals surface area contributed by atoms with E-state index in [0.29, 0.717) is 16.8 Å². The number of aliphatic hydroxyl groups is 1. The van der Waals surface area contributed by atoms with Crippen molar-refractivity contribution in [2.45, 2.75) is 25.1 Å². The van der Waals surface area contributed by atoms with Crippen molar-refractivity contribution in [1.29, 1.82) is 0 Å². The molecule has 3 heterocycles. The number of fused-ring (bicyclic) bond motifs is 1. The van der Waals surface area contributed by atoms with Gasteiger partial charge in [0, 0.05) is 17.2 Å². The van der Waals surface area contributed by atoms with Gasteiger partial charge >= 0.3 is 6.18 Å². The monoisotopic (exact) mass is 575 g/mol. The first-order valence-electron chi connectivity index (χ1n) is 12.2. The second-order valence-electron chi connectivity index (χ2n) is 8.96. The number of nitrogens with two attached hydrogens (primary N) is 1. The van der Waals surface area contributed by atoms with Crippen LogP contribution in [0.1, 0.15) is 28.7 Å². The van der Waals surface area contributed by atoms with Crippen molar-refractivity contribution in [3.8, 4) is 22.8 Å². The summed E-state index contributed by atoms with van der Waals surface area (Å²) in [5.41, 5.74) is 1.18. The van der Waals surface area contributed by atoms with Gasteiger partial charge in [0.1, 0.15) is 28.7 Å². The molecule has 0 saturated carbocycles. The molecule has 216 valence electrons. The van der Waals surface area contributed by atoms with Crippen molar-refractivity contribution in [1.82, 2.24) is 20.3 Å². The van der Waals surface area contributed by atoms with E-state index in [-0.39, 0.29) is 34.9 Å². The van der Waals surface area contributed by atoms with E-state index < -0.39 is 48.1 Å². The number of H-pyrrole nitrogens is 1. The number of primary amides is 1. The molecule has 14 heteroatoms. The summed E-state index contributed by atoms with van der Waals surface area (Å²) in [6.07, 6.45) is -4.50. The number of aromatic amines is 1. The molecule has 3 aromatic heterocycles. The van der Waals surface area contributed by atoms with Crippen molar-refractivity contribution in [3.63, 3.8) is 0 Å². The van der Waals surface area contributed by atoms with E-state index in [9.17, 15) is 32.3 Å². The van der Waals surface area contributed by atoms with Gasteiger partial charge in [0.15, 0.2) is 0 Å². The Morgan fingerprint density at radius 3 is 2.46 bits per heavy atom. The summed E-state index contributed by atoms with van der Waals surface area (Å²) in [4.78, 5) is 35.5. The van der Waals surface area contributed by atoms with Gasteiger partial charge in [0.2, 0.25) is 11.5 Å². The first-order valence-corrected chi connectivity index (χ1v) is 12.2. The number of nitrogens with zero attached hydrogens (tertiary/aromatic N) is 2. The van der Waals surface area contributed by atoms with Gasteiger partial charge < -0.3 is 30.6 Å². The third kappa shape index (κ3) is 6.06. The highest BCUT2D eigenvalue weighted by Crippen LogP contribution is 2.42. The number of carbonyl (C=O) groups is 2. The fourth-order valence-corrected chi connectivity index (χ4v) is 4.09. The van der Waals surface area contributed by atoms with Gasteiger partial charge in [-0.15, -0.1) is 0 Å². The predicted molar refractivity (Wildman–Crippen MR) is 139 cm³/mol. The molecule has 4 rings (SSSR count). The summed E-state index contributed by atoms with van der Waals surface area (Å²) in [7, 11) is 1.42. The molecule has 41 heavy (non-hydrogen) atoms. The molecule has 0 aliphatic rings. The standard InChI is InChI=1S/C27H25F4N5O5/c1-3-41-24-15(9-22(32)37)8-21(36-23(24)14-4-6-16(28)7-5-14)26(39,27(29,30)31)13-34-25(38)20-11-18-19(35-20)10-17(40-2)12-33-18/h4-8,10-12,35,39H,3,9,13H2,1-2H3,(H2,32,37)(H,34,38)/t26-/m0/s1. The van der Waals surface area contributed by atoms with Gasteiger partial charge in [-0.25, -0.2) is 9.37 Å². The second-order valence-corrected chi connectivity index (χ2v) is 8.96. The van der Waals surface area contributed by atoms with E-state index in [1.165, 1.54) is 31.5 Å². The number of carbonyl (C=O) groups excluding carboxylic acids is 2. The largest absolute Gasteiger partial charge is 0.495 e. The summed E-state index contributed by atoms with van der Waals surface area (Å²) >= 11 is 0. The number of hydrogen-bond donors (Lipinski definition) is 4. The highest BCUT2D eigenvalue weighted by Gasteiger charge is 2.56. The van der Waals surface area contributed by atoms with Gasteiger partial charge in [0.25, 0.3) is 5.91 Å². The topological polar surface area (TPSA) is 152 Å². The Morgan fingerprint density at radius 1 is 1.15 bits per heavy atom. The third-order valence-corrected chi connectivity index (χ3v) is 6.14. The molecule has 0 fully saturated rings. The van der Waals surface area contributed by atoms with Crippen LogP contribution >= 0.6 is 0 Å². The normalized spacial score (nSPS) is 13.0. The lowest BCUT2D eigenvalue weighted by Gasteiger charge is -2.31. The molecule has 2 amide bonds. The Bertz CT molecular complexity index is 1590. The fraction of sp³-hybridized carbons (Fsp3) is 0.259. The number of hydrogen-bond acceptors (Lipinski definition) is 7. The van der Waals surface area contributed by atoms with E-state index in [1.54, 1.807) is 13.0 Å². The minimum absolute atomic E-state index is 0.0474. The van der Waals surface area contributed by atoms with E-state index in [4.69, 9.17) is 15.2 Å². The Labute approximate surface area is 230 Å². The zero-order chi connectivity index (χ0) is 29.9. The lowest BCUT2D eigenvalue weighted by Crippen LogP contribution is -2.51. The molecule has 0 unspecified atom stereocenters. The summed E-state index contributed by atoms with van der Waals surface area (Å²) in [6, 6.07) is 8.36. The Hall–Kier alpha value is -4.72. The van der Waals surface area contributed by atoms with Crippen LogP contribution in [0.15, 0.2) is 48.7 Å². The molecule has 0 radical (unpaired) electrons. The predicted octanol–water partition coefficient (Wildman–Crippen LogP) is 3.38. The zero-order valence-electron chi connectivity index (χ0n) is 21.8. The lowest BCUT2D eigenvalue weighted by atomic mass is 9.93. The maximum Gasteiger partial charge on any atom is 0.424 e. The van der Waals surface area contributed by atoms with Crippen LogP contribution in [0, 0.1) is 5.82 Å². The van der Waals surface area contributed by atoms with Gasteiger partial charge in [-0.05, 0) is 43.3 Å². The smallest absolute Gasteiger partial charge is 0.424 e. The van der Waals surface area contributed by atoms with Gasteiger partial charge in [-0.1, -0.05) is 0 Å². The van der Waals surface area contributed by atoms with Crippen molar-refractivity contribution >= 4 is 22.8 Å². The van der Waals surface area contributed by atoms with Crippen LogP contribution in [0.4, 0.5) is 17.6 Å². The van der Waals surface area contributed by atoms with Crippen LogP contribution in [0.2, 0.25) is 0 Å². The van der Waals surface area contributed by atoms with E-state index >= 15 is 0 Å². The van der Waals surface area contributed by atoms with Crippen LogP contribution in [0.5, 0.6) is 11.5 Å². The highest BCUT2D eigenvalue weighted by molar-refractivity contribution is 5.97. The molecule has 1 atom stereocenters. The van der Waals surface area contributed by atoms with Crippen LogP contribution in [-0.4, -0.2) is 58.3 Å². The second kappa shape index (κ2) is 11.4. The maximum atomic E-state index is 14.5. The van der Waals surface area contributed by atoms with Crippen LogP contribution in [0.3, 0.4) is 0 Å². The average molecular weight is 576 g/mol. The molecule has 0 bridgehead atoms. The van der Waals surface area contributed by atoms with Gasteiger partial charge in [-0.3, -0.25) is 14.6 Å². The Morgan fingerprint density at radius 2 is 1.85 bits per heavy atom. The maximum absolute atomic E-state index is 14.5. The minimum Gasteiger partial charge on any atom is -0.495 e. The number of pyridine rings is 2. The van der Waals surface area contributed by atoms with Crippen LogP contribution in [0.25, 0.3) is 22.3 Å². The van der Waals surface area contributed by atoms with Crippen LogP contribution < -0.4 is 20.5 Å². The average Bonchev–Trinajstić information content (AvgIpc) is 3.35. The number of aromatic nitrogens is 3. The number of benzene rings is 1. The number of amides is 2. The molecule has 0 aliphatic carbocycles. The zero-order valence-corrected chi connectivity index (χ0v) is 21.8. The van der Waals surface area contributed by atoms with E-state index in [2.05, 4.69) is 20.3 Å². The number of nitrogens with one attached hydrogen (secondary N) is 2. The lowest BCUT2D eigenvalue weighted by molar-refractivity contribution is -0.265. The minimum atomic E-state index is -5.35. The summed E-state index contributed by atoms with van der Waals surface area (Å²) in [5, 5.41) is 13.1. The molecule has 5 N–H and O–H groups in total. The molecule has 1 aromatic carbocycles. The molecule has 0 aliphatic heterocycles. The molecule has 0 spiro atoms. The number of rotatable bonds is 10. The van der Waals surface area contributed by atoms with Gasteiger partial charge in [0.05, 0.1) is 49.6 Å². The Balaban J connectivity index is 1.77. The van der Waals surface area contributed by atoms with Crippen molar-refractivity contribution < 1.29 is 41.7 Å². The highest BCUT2D eigenvalue weighted by atomic mass is 19.4. The first-order chi connectivity index (χ1) is 19.4. The molecular weight excluding hydrogens is 550 g/mol. The quantitative estimate of drug-likeness (QED) is 0.212. The van der Waals surface area contributed by atoms with Gasteiger partial charge in [-0.2, -0.15) is 13.2 Å². The van der Waals surface area contributed by atoms with E-state index in [1.807, 2.05) is 0 Å². The summed E-state index contributed by atoms with van der Waals surface area (Å²) in [6.45, 7) is 0.306. The number of alkyl halides is 3. The Kier molecular flexibility index (Phi) is 8.14. The number of methoxy groups -OCH3 is 1. The number of halogens is 4. The SMILES string of the molecule is CCOc1c(CC(N)=O)cc([C@@](O)(CNC(=O)c2cc3ncc(OC)cc3[nH]2)C(F)(F)F)nc1-c1ccc(F)cc1. The molecule has 10 nitrogen and oxygen atoms in total. The number of ether oxygens (including phenoxy) is 2. The van der Waals surface area contributed by atoms with Crippen molar-refractivity contribution in [2.24, 2.45) is 5.73 Å². The molecule has 0 saturated heterocycles.